The third kappa shape index (κ3) is 4.14. The zero-order chi connectivity index (χ0) is 26.3. The number of phenols is 1. The first-order chi connectivity index (χ1) is 17.8. The standard InChI is InChI=1S/C27H20N4O6/c1-14-11-12-15(2)18(13-14)31-26(35)22(29-30-24(34)16-7-3-5-9-19(16)32)21(23(33)27(31)36)25-28-17-8-4-6-10-20(17)37-25/h3-13,21,32H,1-2H3,(H,30,34). The molecule has 1 atom stereocenters. The quantitative estimate of drug-likeness (QED) is 0.251. The van der Waals surface area contributed by atoms with E-state index in [1.807, 2.05) is 6.07 Å². The molecule has 3 amide bonds. The number of nitrogens with one attached hydrogen (secondary N) is 1. The maximum absolute atomic E-state index is 13.7. The number of phenolic OH excluding ortho intramolecular Hbond substituents is 1. The Kier molecular flexibility index (Phi) is 5.84. The molecular weight excluding hydrogens is 476 g/mol. The molecule has 1 saturated heterocycles. The number of Topliss-reactive ketones (excluding diaryl/α,β-unsaturated/α-hetero) is 1. The third-order valence-corrected chi connectivity index (χ3v) is 5.96. The number of anilines is 1. The van der Waals surface area contributed by atoms with Gasteiger partial charge in [-0.25, -0.2) is 15.3 Å². The number of carbonyl (C=O) groups is 4. The fourth-order valence-corrected chi connectivity index (χ4v) is 4.06. The van der Waals surface area contributed by atoms with Crippen LogP contribution in [0.25, 0.3) is 11.1 Å². The molecule has 10 nitrogen and oxygen atoms in total. The van der Waals surface area contributed by atoms with Crippen molar-refractivity contribution in [3.63, 3.8) is 0 Å². The maximum atomic E-state index is 13.7. The molecule has 5 rings (SSSR count). The van der Waals surface area contributed by atoms with Crippen molar-refractivity contribution in [1.29, 1.82) is 0 Å². The lowest BCUT2D eigenvalue weighted by Gasteiger charge is -2.29. The fraction of sp³-hybridized carbons (Fsp3) is 0.111. The van der Waals surface area contributed by atoms with Crippen LogP contribution in [0.4, 0.5) is 5.69 Å². The summed E-state index contributed by atoms with van der Waals surface area (Å²) in [7, 11) is 0. The molecule has 2 heterocycles. The number of oxazole rings is 1. The number of piperidine rings is 1. The Bertz CT molecular complexity index is 1600. The van der Waals surface area contributed by atoms with Crippen molar-refractivity contribution in [2.45, 2.75) is 19.8 Å². The Balaban J connectivity index is 1.62. The SMILES string of the molecule is Cc1ccc(C)c(N2C(=O)C(=O)C(c3nc4ccccc4o3)C(=NNC(=O)c3ccccc3O)C2=O)c1. The maximum Gasteiger partial charge on any atom is 0.302 e. The van der Waals surface area contributed by atoms with Gasteiger partial charge in [0.2, 0.25) is 11.7 Å². The molecule has 3 aromatic carbocycles. The highest BCUT2D eigenvalue weighted by molar-refractivity contribution is 6.67. The molecule has 1 unspecified atom stereocenters. The van der Waals surface area contributed by atoms with E-state index in [0.717, 1.165) is 10.5 Å². The summed E-state index contributed by atoms with van der Waals surface area (Å²) in [4.78, 5) is 58.1. The van der Waals surface area contributed by atoms with Crippen LogP contribution in [-0.4, -0.2) is 39.3 Å². The van der Waals surface area contributed by atoms with Gasteiger partial charge in [-0.1, -0.05) is 36.4 Å². The number of imide groups is 1. The van der Waals surface area contributed by atoms with E-state index in [1.54, 1.807) is 56.3 Å². The number of rotatable bonds is 4. The van der Waals surface area contributed by atoms with Gasteiger partial charge in [0.1, 0.15) is 17.0 Å². The number of hydrazone groups is 1. The van der Waals surface area contributed by atoms with Gasteiger partial charge < -0.3 is 9.52 Å². The number of para-hydroxylation sites is 3. The van der Waals surface area contributed by atoms with Crippen molar-refractivity contribution in [2.75, 3.05) is 4.90 Å². The largest absolute Gasteiger partial charge is 0.507 e. The summed E-state index contributed by atoms with van der Waals surface area (Å²) >= 11 is 0. The van der Waals surface area contributed by atoms with Crippen LogP contribution in [0, 0.1) is 13.8 Å². The van der Waals surface area contributed by atoms with Crippen LogP contribution in [0.1, 0.15) is 33.3 Å². The summed E-state index contributed by atoms with van der Waals surface area (Å²) in [6.45, 7) is 3.48. The molecule has 2 N–H and O–H groups in total. The van der Waals surface area contributed by atoms with Gasteiger partial charge in [0.15, 0.2) is 11.5 Å². The van der Waals surface area contributed by atoms with Crippen LogP contribution >= 0.6 is 0 Å². The Morgan fingerprint density at radius 2 is 1.73 bits per heavy atom. The van der Waals surface area contributed by atoms with Crippen LogP contribution < -0.4 is 10.3 Å². The van der Waals surface area contributed by atoms with Crippen LogP contribution in [0.2, 0.25) is 0 Å². The molecule has 1 fully saturated rings. The average molecular weight is 496 g/mol. The lowest BCUT2D eigenvalue weighted by Crippen LogP contribution is -2.55. The van der Waals surface area contributed by atoms with E-state index < -0.39 is 35.1 Å². The van der Waals surface area contributed by atoms with Gasteiger partial charge in [-0.15, -0.1) is 0 Å². The van der Waals surface area contributed by atoms with Crippen LogP contribution in [-0.2, 0) is 14.4 Å². The molecule has 4 aromatic rings. The zero-order valence-electron chi connectivity index (χ0n) is 19.8. The van der Waals surface area contributed by atoms with E-state index in [1.165, 1.54) is 18.2 Å². The number of aromatic nitrogens is 1. The molecule has 10 heteroatoms. The minimum Gasteiger partial charge on any atom is -0.507 e. The number of hydrogen-bond acceptors (Lipinski definition) is 8. The molecule has 1 aromatic heterocycles. The summed E-state index contributed by atoms with van der Waals surface area (Å²) in [5.74, 6) is -5.89. The van der Waals surface area contributed by atoms with E-state index in [0.29, 0.717) is 16.7 Å². The second-order valence-electron chi connectivity index (χ2n) is 8.51. The first-order valence-electron chi connectivity index (χ1n) is 11.3. The smallest absolute Gasteiger partial charge is 0.302 e. The topological polar surface area (TPSA) is 142 Å². The first kappa shape index (κ1) is 23.6. The van der Waals surface area contributed by atoms with Crippen molar-refractivity contribution in [1.82, 2.24) is 10.4 Å². The van der Waals surface area contributed by atoms with Crippen LogP contribution in [0.3, 0.4) is 0 Å². The van der Waals surface area contributed by atoms with E-state index in [-0.39, 0.29) is 22.9 Å². The number of carbonyl (C=O) groups excluding carboxylic acids is 4. The Morgan fingerprint density at radius 1 is 1.00 bits per heavy atom. The first-order valence-corrected chi connectivity index (χ1v) is 11.3. The van der Waals surface area contributed by atoms with E-state index in [2.05, 4.69) is 15.5 Å². The van der Waals surface area contributed by atoms with Gasteiger partial charge in [0.25, 0.3) is 11.8 Å². The predicted molar refractivity (Wildman–Crippen MR) is 133 cm³/mol. The minimum absolute atomic E-state index is 0.0951. The normalized spacial score (nSPS) is 17.0. The molecular formula is C27H20N4O6. The molecule has 0 saturated carbocycles. The van der Waals surface area contributed by atoms with Crippen molar-refractivity contribution in [3.8, 4) is 5.75 Å². The highest BCUT2D eigenvalue weighted by Crippen LogP contribution is 2.32. The molecule has 0 radical (unpaired) electrons. The van der Waals surface area contributed by atoms with Crippen molar-refractivity contribution >= 4 is 46.0 Å². The van der Waals surface area contributed by atoms with Gasteiger partial charge in [0.05, 0.1) is 11.3 Å². The van der Waals surface area contributed by atoms with Gasteiger partial charge >= 0.3 is 5.91 Å². The van der Waals surface area contributed by atoms with Gasteiger partial charge in [-0.05, 0) is 55.3 Å². The van der Waals surface area contributed by atoms with Crippen molar-refractivity contribution in [3.05, 3.63) is 89.3 Å². The number of aromatic hydroxyl groups is 1. The summed E-state index contributed by atoms with van der Waals surface area (Å²) in [5.41, 5.74) is 3.99. The molecule has 184 valence electrons. The zero-order valence-corrected chi connectivity index (χ0v) is 19.8. The summed E-state index contributed by atoms with van der Waals surface area (Å²) < 4.78 is 5.71. The highest BCUT2D eigenvalue weighted by Gasteiger charge is 2.49. The Morgan fingerprint density at radius 3 is 2.49 bits per heavy atom. The lowest BCUT2D eigenvalue weighted by atomic mass is 9.90. The van der Waals surface area contributed by atoms with Crippen molar-refractivity contribution < 1.29 is 28.7 Å². The van der Waals surface area contributed by atoms with Gasteiger partial charge in [0, 0.05) is 0 Å². The Hall–Kier alpha value is -5.12. The number of benzene rings is 3. The molecule has 1 aliphatic rings. The monoisotopic (exact) mass is 496 g/mol. The minimum atomic E-state index is -1.58. The average Bonchev–Trinajstić information content (AvgIpc) is 3.31. The third-order valence-electron chi connectivity index (χ3n) is 5.96. The number of aryl methyl sites for hydroxylation is 2. The summed E-state index contributed by atoms with van der Waals surface area (Å²) in [6.07, 6.45) is 0. The van der Waals surface area contributed by atoms with Crippen LogP contribution in [0.15, 0.2) is 76.2 Å². The summed E-state index contributed by atoms with van der Waals surface area (Å²) in [6, 6.07) is 17.6. The summed E-state index contributed by atoms with van der Waals surface area (Å²) in [5, 5.41) is 14.0. The Labute approximate surface area is 210 Å². The number of ketones is 1. The predicted octanol–water partition coefficient (Wildman–Crippen LogP) is 3.16. The lowest BCUT2D eigenvalue weighted by molar-refractivity contribution is -0.139. The molecule has 0 spiro atoms. The second kappa shape index (κ2) is 9.15. The van der Waals surface area contributed by atoms with E-state index in [4.69, 9.17) is 4.42 Å². The van der Waals surface area contributed by atoms with E-state index in [9.17, 15) is 24.3 Å². The van der Waals surface area contributed by atoms with Crippen LogP contribution in [0.5, 0.6) is 5.75 Å². The molecule has 0 aliphatic carbocycles. The van der Waals surface area contributed by atoms with E-state index >= 15 is 0 Å². The second-order valence-corrected chi connectivity index (χ2v) is 8.51. The van der Waals surface area contributed by atoms with Crippen molar-refractivity contribution in [2.24, 2.45) is 5.10 Å². The molecule has 37 heavy (non-hydrogen) atoms. The number of nitrogens with zero attached hydrogens (tertiary/aromatic N) is 3. The number of fused-ring (bicyclic) bond motifs is 1. The molecule has 1 aliphatic heterocycles. The number of hydrogen-bond donors (Lipinski definition) is 2. The molecule has 0 bridgehead atoms. The van der Waals surface area contributed by atoms with Gasteiger partial charge in [-0.3, -0.25) is 19.2 Å². The number of amides is 3. The fourth-order valence-electron chi connectivity index (χ4n) is 4.06. The highest BCUT2D eigenvalue weighted by atomic mass is 16.3. The van der Waals surface area contributed by atoms with Gasteiger partial charge in [-0.2, -0.15) is 5.10 Å².